The fourth-order valence-electron chi connectivity index (χ4n) is 2.45. The van der Waals surface area contributed by atoms with Gasteiger partial charge < -0.3 is 10.5 Å². The van der Waals surface area contributed by atoms with Crippen LogP contribution in [0.3, 0.4) is 0 Å². The monoisotopic (exact) mass is 338 g/mol. The van der Waals surface area contributed by atoms with Crippen molar-refractivity contribution in [2.45, 2.75) is 24.1 Å². The van der Waals surface area contributed by atoms with E-state index >= 15 is 0 Å². The van der Waals surface area contributed by atoms with Gasteiger partial charge in [-0.25, -0.2) is 8.42 Å². The van der Waals surface area contributed by atoms with Gasteiger partial charge in [0.2, 0.25) is 10.0 Å². The largest absolute Gasteiger partial charge is 0.573 e. The summed E-state index contributed by atoms with van der Waals surface area (Å²) in [6, 6.07) is 4.76. The molecule has 0 radical (unpaired) electrons. The molecule has 1 atom stereocenters. The van der Waals surface area contributed by atoms with Gasteiger partial charge in [-0.05, 0) is 37.4 Å². The van der Waals surface area contributed by atoms with Gasteiger partial charge in [0, 0.05) is 13.1 Å². The molecule has 2 N–H and O–H groups in total. The molecule has 0 spiro atoms. The second kappa shape index (κ2) is 6.43. The summed E-state index contributed by atoms with van der Waals surface area (Å²) >= 11 is 0. The molecule has 1 aliphatic heterocycles. The minimum Gasteiger partial charge on any atom is -0.404 e. The van der Waals surface area contributed by atoms with E-state index in [9.17, 15) is 21.6 Å². The lowest BCUT2D eigenvalue weighted by Gasteiger charge is -2.31. The number of halogens is 3. The first kappa shape index (κ1) is 17.0. The second-order valence-corrected chi connectivity index (χ2v) is 7.01. The van der Waals surface area contributed by atoms with E-state index in [4.69, 9.17) is 5.73 Å². The Bertz CT molecular complexity index is 619. The highest BCUT2D eigenvalue weighted by Crippen LogP contribution is 2.32. The van der Waals surface area contributed by atoms with E-state index in [0.29, 0.717) is 13.0 Å². The van der Waals surface area contributed by atoms with Gasteiger partial charge in [-0.1, -0.05) is 12.1 Å². The molecule has 9 heteroatoms. The van der Waals surface area contributed by atoms with E-state index in [-0.39, 0.29) is 19.0 Å². The Balaban J connectivity index is 2.33. The predicted molar refractivity (Wildman–Crippen MR) is 73.7 cm³/mol. The van der Waals surface area contributed by atoms with E-state index in [0.717, 1.165) is 18.6 Å². The zero-order valence-corrected chi connectivity index (χ0v) is 12.5. The van der Waals surface area contributed by atoms with Crippen LogP contribution in [0, 0.1) is 5.92 Å². The Morgan fingerprint density at radius 2 is 2.00 bits per heavy atom. The van der Waals surface area contributed by atoms with Gasteiger partial charge in [-0.3, -0.25) is 0 Å². The molecule has 1 fully saturated rings. The number of alkyl halides is 3. The number of hydrogen-bond acceptors (Lipinski definition) is 4. The topological polar surface area (TPSA) is 72.6 Å². The minimum absolute atomic E-state index is 0.0132. The highest BCUT2D eigenvalue weighted by Gasteiger charge is 2.36. The van der Waals surface area contributed by atoms with E-state index in [1.54, 1.807) is 0 Å². The molecule has 124 valence electrons. The van der Waals surface area contributed by atoms with Crippen LogP contribution in [0.15, 0.2) is 29.2 Å². The molecule has 0 saturated carbocycles. The number of benzene rings is 1. The maximum Gasteiger partial charge on any atom is 0.573 e. The molecular weight excluding hydrogens is 321 g/mol. The summed E-state index contributed by atoms with van der Waals surface area (Å²) < 4.78 is 67.5. The van der Waals surface area contributed by atoms with Gasteiger partial charge >= 0.3 is 6.36 Å². The summed E-state index contributed by atoms with van der Waals surface area (Å²) in [6.45, 7) is 0.811. The van der Waals surface area contributed by atoms with Gasteiger partial charge in [0.25, 0.3) is 0 Å². The van der Waals surface area contributed by atoms with Crippen molar-refractivity contribution in [2.24, 2.45) is 11.7 Å². The van der Waals surface area contributed by atoms with Crippen molar-refractivity contribution >= 4 is 10.0 Å². The molecule has 0 aliphatic carbocycles. The standard InChI is InChI=1S/C13H17F3N2O3S/c14-13(15,16)21-11-5-1-2-6-12(11)22(19,20)18-7-3-4-10(8-17)9-18/h1-2,5-6,10H,3-4,7-9,17H2. The molecule has 0 aromatic heterocycles. The highest BCUT2D eigenvalue weighted by molar-refractivity contribution is 7.89. The zero-order chi connectivity index (χ0) is 16.4. The van der Waals surface area contributed by atoms with Crippen molar-refractivity contribution in [2.75, 3.05) is 19.6 Å². The van der Waals surface area contributed by atoms with Crippen LogP contribution >= 0.6 is 0 Å². The molecule has 1 heterocycles. The van der Waals surface area contributed by atoms with Crippen molar-refractivity contribution in [3.63, 3.8) is 0 Å². The Morgan fingerprint density at radius 1 is 1.32 bits per heavy atom. The Labute approximate surface area is 126 Å². The number of nitrogens with zero attached hydrogens (tertiary/aromatic N) is 1. The summed E-state index contributed by atoms with van der Waals surface area (Å²) in [5.41, 5.74) is 5.57. The Hall–Kier alpha value is -1.32. The number of sulfonamides is 1. The molecule has 22 heavy (non-hydrogen) atoms. The van der Waals surface area contributed by atoms with Gasteiger partial charge in [0.05, 0.1) is 0 Å². The first-order valence-electron chi connectivity index (χ1n) is 6.79. The van der Waals surface area contributed by atoms with E-state index in [1.807, 2.05) is 0 Å². The lowest BCUT2D eigenvalue weighted by atomic mass is 10.0. The quantitative estimate of drug-likeness (QED) is 0.911. The van der Waals surface area contributed by atoms with Crippen molar-refractivity contribution in [1.82, 2.24) is 4.31 Å². The van der Waals surface area contributed by atoms with Crippen molar-refractivity contribution in [3.05, 3.63) is 24.3 Å². The maximum absolute atomic E-state index is 12.6. The number of rotatable bonds is 4. The van der Waals surface area contributed by atoms with Crippen LogP contribution in [0.2, 0.25) is 0 Å². The first-order chi connectivity index (χ1) is 10.2. The molecule has 1 unspecified atom stereocenters. The van der Waals surface area contributed by atoms with Gasteiger partial charge in [0.15, 0.2) is 0 Å². The van der Waals surface area contributed by atoms with Gasteiger partial charge in [0.1, 0.15) is 10.6 Å². The summed E-state index contributed by atoms with van der Waals surface area (Å²) in [5.74, 6) is -0.705. The summed E-state index contributed by atoms with van der Waals surface area (Å²) in [6.07, 6.45) is -3.51. The number of piperidine rings is 1. The fraction of sp³-hybridized carbons (Fsp3) is 0.538. The van der Waals surface area contributed by atoms with Gasteiger partial charge in [-0.15, -0.1) is 13.2 Å². The van der Waals surface area contributed by atoms with Crippen LogP contribution < -0.4 is 10.5 Å². The third-order valence-electron chi connectivity index (χ3n) is 3.51. The lowest BCUT2D eigenvalue weighted by Crippen LogP contribution is -2.42. The molecule has 1 saturated heterocycles. The second-order valence-electron chi connectivity index (χ2n) is 5.10. The third kappa shape index (κ3) is 3.90. The van der Waals surface area contributed by atoms with Crippen LogP contribution in [-0.2, 0) is 10.0 Å². The van der Waals surface area contributed by atoms with Crippen LogP contribution in [0.1, 0.15) is 12.8 Å². The average Bonchev–Trinajstić information content (AvgIpc) is 2.46. The van der Waals surface area contributed by atoms with E-state index < -0.39 is 27.0 Å². The Kier molecular flexibility index (Phi) is 4.98. The smallest absolute Gasteiger partial charge is 0.404 e. The molecule has 0 amide bonds. The zero-order valence-electron chi connectivity index (χ0n) is 11.7. The SMILES string of the molecule is NCC1CCCN(S(=O)(=O)c2ccccc2OC(F)(F)F)C1. The van der Waals surface area contributed by atoms with Crippen LogP contribution in [0.5, 0.6) is 5.75 Å². The van der Waals surface area contributed by atoms with Crippen LogP contribution in [-0.4, -0.2) is 38.7 Å². The molecule has 0 bridgehead atoms. The van der Waals surface area contributed by atoms with E-state index in [1.165, 1.54) is 16.4 Å². The van der Waals surface area contributed by atoms with Gasteiger partial charge in [-0.2, -0.15) is 4.31 Å². The molecular formula is C13H17F3N2O3S. The van der Waals surface area contributed by atoms with Crippen molar-refractivity contribution < 1.29 is 26.3 Å². The lowest BCUT2D eigenvalue weighted by molar-refractivity contribution is -0.275. The van der Waals surface area contributed by atoms with Crippen LogP contribution in [0.4, 0.5) is 13.2 Å². The van der Waals surface area contributed by atoms with Crippen molar-refractivity contribution in [3.8, 4) is 5.75 Å². The minimum atomic E-state index is -4.95. The average molecular weight is 338 g/mol. The number of nitrogens with two attached hydrogens (primary N) is 1. The normalized spacial score (nSPS) is 20.8. The molecule has 1 aliphatic rings. The molecule has 2 rings (SSSR count). The van der Waals surface area contributed by atoms with Crippen LogP contribution in [0.25, 0.3) is 0 Å². The fourth-order valence-corrected chi connectivity index (χ4v) is 4.12. The van der Waals surface area contributed by atoms with Crippen molar-refractivity contribution in [1.29, 1.82) is 0 Å². The first-order valence-corrected chi connectivity index (χ1v) is 8.23. The number of hydrogen-bond donors (Lipinski definition) is 1. The Morgan fingerprint density at radius 3 is 2.64 bits per heavy atom. The molecule has 5 nitrogen and oxygen atoms in total. The number of para-hydroxylation sites is 1. The summed E-state index contributed by atoms with van der Waals surface area (Å²) in [4.78, 5) is -0.481. The summed E-state index contributed by atoms with van der Waals surface area (Å²) in [7, 11) is -4.06. The molecule has 1 aromatic rings. The van der Waals surface area contributed by atoms with E-state index in [2.05, 4.69) is 4.74 Å². The predicted octanol–water partition coefficient (Wildman–Crippen LogP) is 1.94. The molecule has 1 aromatic carbocycles. The maximum atomic E-state index is 12.6. The number of ether oxygens (including phenoxy) is 1. The third-order valence-corrected chi connectivity index (χ3v) is 5.41. The summed E-state index contributed by atoms with van der Waals surface area (Å²) in [5, 5.41) is 0. The highest BCUT2D eigenvalue weighted by atomic mass is 32.2.